The van der Waals surface area contributed by atoms with Crippen LogP contribution in [0.2, 0.25) is 0 Å². The van der Waals surface area contributed by atoms with E-state index in [1.165, 1.54) is 22.3 Å². The minimum absolute atomic E-state index is 0.0437. The number of imide groups is 1. The molecule has 12 heteroatoms. The minimum Gasteiger partial charge on any atom is -0.449 e. The monoisotopic (exact) mass is 1100 g/mol. The highest BCUT2D eigenvalue weighted by atomic mass is 16.6. The maximum absolute atomic E-state index is 15.8. The van der Waals surface area contributed by atoms with Crippen LogP contribution in [-0.4, -0.2) is 66.7 Å². The zero-order valence-corrected chi connectivity index (χ0v) is 47.9. The van der Waals surface area contributed by atoms with Gasteiger partial charge in [0.2, 0.25) is 18.2 Å². The summed E-state index contributed by atoms with van der Waals surface area (Å²) < 4.78 is 11.9. The Hall–Kier alpha value is -7.57. The summed E-state index contributed by atoms with van der Waals surface area (Å²) in [5.74, 6) is -0.696. The Morgan fingerprint density at radius 3 is 1.60 bits per heavy atom. The normalized spacial score (nSPS) is 25.0. The SMILES string of the molecule is C[C@]1(N(C=O)C(=O)[C@@]2(C)CCC[C@]3(C)c4cc(NC(=O)OCC5c6ccccc6-c6ccccc65)ccc4CC[C@@H]23)CCC[C@]2(C)c3cc(NC(=O)[C@H](CCCCN)NC(=O)OCC4c5ccccc5-c5ccccc54)ccc3CC[C@@H]12. The van der Waals surface area contributed by atoms with E-state index in [0.29, 0.717) is 50.0 Å². The molecule has 7 atom stereocenters. The molecule has 0 radical (unpaired) electrons. The summed E-state index contributed by atoms with van der Waals surface area (Å²) in [5.41, 5.74) is 18.6. The molecule has 6 aliphatic carbocycles. The van der Waals surface area contributed by atoms with Crippen LogP contribution in [0.25, 0.3) is 22.3 Å². The molecule has 0 bridgehead atoms. The lowest BCUT2D eigenvalue weighted by atomic mass is 9.48. The lowest BCUT2D eigenvalue weighted by Crippen LogP contribution is -2.66. The van der Waals surface area contributed by atoms with Crippen LogP contribution >= 0.6 is 0 Å². The number of anilines is 2. The first-order valence-corrected chi connectivity index (χ1v) is 30.0. The van der Waals surface area contributed by atoms with Crippen molar-refractivity contribution in [2.75, 3.05) is 30.4 Å². The van der Waals surface area contributed by atoms with Crippen molar-refractivity contribution in [3.8, 4) is 22.3 Å². The second-order valence-corrected chi connectivity index (χ2v) is 25.3. The zero-order valence-electron chi connectivity index (χ0n) is 47.9. The lowest BCUT2D eigenvalue weighted by Gasteiger charge is -2.60. The smallest absolute Gasteiger partial charge is 0.411 e. The van der Waals surface area contributed by atoms with Crippen molar-refractivity contribution in [2.24, 2.45) is 23.0 Å². The van der Waals surface area contributed by atoms with Gasteiger partial charge in [-0.3, -0.25) is 24.6 Å². The van der Waals surface area contributed by atoms with Gasteiger partial charge in [-0.05, 0) is 198 Å². The first-order chi connectivity index (χ1) is 39.7. The average Bonchev–Trinajstić information content (AvgIpc) is 2.79. The van der Waals surface area contributed by atoms with Gasteiger partial charge in [0.1, 0.15) is 19.3 Å². The van der Waals surface area contributed by atoms with Gasteiger partial charge in [-0.1, -0.05) is 143 Å². The Morgan fingerprint density at radius 1 is 0.598 bits per heavy atom. The van der Waals surface area contributed by atoms with Crippen molar-refractivity contribution < 1.29 is 33.4 Å². The molecule has 12 nitrogen and oxygen atoms in total. The highest BCUT2D eigenvalue weighted by Gasteiger charge is 2.61. The number of fused-ring (bicyclic) bond motifs is 12. The number of carbonyl (C=O) groups excluding carboxylic acids is 5. The van der Waals surface area contributed by atoms with Gasteiger partial charge in [-0.15, -0.1) is 0 Å². The number of alkyl carbamates (subject to hydrolysis) is 1. The van der Waals surface area contributed by atoms with Crippen LogP contribution in [-0.2, 0) is 47.5 Å². The topological polar surface area (TPSA) is 169 Å². The largest absolute Gasteiger partial charge is 0.449 e. The van der Waals surface area contributed by atoms with Crippen molar-refractivity contribution in [2.45, 2.75) is 145 Å². The number of unbranched alkanes of at least 4 members (excludes halogenated alkanes) is 1. The van der Waals surface area contributed by atoms with Gasteiger partial charge >= 0.3 is 12.2 Å². The molecule has 0 aliphatic heterocycles. The van der Waals surface area contributed by atoms with E-state index in [1.807, 2.05) is 60.7 Å². The number of rotatable bonds is 15. The fraction of sp³-hybridized carbons (Fsp3) is 0.414. The van der Waals surface area contributed by atoms with Crippen molar-refractivity contribution in [3.63, 3.8) is 0 Å². The van der Waals surface area contributed by atoms with Crippen molar-refractivity contribution in [1.29, 1.82) is 0 Å². The van der Waals surface area contributed by atoms with Crippen molar-refractivity contribution in [1.82, 2.24) is 10.2 Å². The summed E-state index contributed by atoms with van der Waals surface area (Å²) in [6.07, 6.45) is 9.34. The third-order valence-corrected chi connectivity index (χ3v) is 20.8. The number of hydrogen-bond acceptors (Lipinski definition) is 8. The summed E-state index contributed by atoms with van der Waals surface area (Å²) in [7, 11) is 0. The van der Waals surface area contributed by atoms with Crippen molar-refractivity contribution in [3.05, 3.63) is 178 Å². The van der Waals surface area contributed by atoms with Gasteiger partial charge in [0, 0.05) is 23.2 Å². The number of amides is 5. The molecule has 0 aromatic heterocycles. The molecule has 5 N–H and O–H groups in total. The molecular weight excluding hydrogens is 1020 g/mol. The second kappa shape index (κ2) is 22.0. The molecule has 2 saturated carbocycles. The van der Waals surface area contributed by atoms with Crippen LogP contribution < -0.4 is 21.7 Å². The maximum Gasteiger partial charge on any atom is 0.411 e. The molecule has 82 heavy (non-hydrogen) atoms. The van der Waals surface area contributed by atoms with Gasteiger partial charge in [0.25, 0.3) is 0 Å². The van der Waals surface area contributed by atoms with Crippen LogP contribution in [0.5, 0.6) is 0 Å². The van der Waals surface area contributed by atoms with E-state index in [9.17, 15) is 19.2 Å². The number of nitrogens with two attached hydrogens (primary N) is 1. The molecule has 6 aromatic rings. The summed E-state index contributed by atoms with van der Waals surface area (Å²) in [6, 6.07) is 44.5. The standard InChI is InChI=1S/C70H77N5O7/c1-67-34-15-36-69(3,61(67)32-28-44-27-31-47(40-58(44)67)73-65(79)81-41-56-52-21-9-5-17-48(52)49-18-6-10-22-53(49)56)64(78)75(43-76)70(4)37-16-35-68(2)59-39-46(30-26-45(59)29-33-62(68)70)72-63(77)60(25-13-14-38-71)74-66(80)82-42-57-54-23-11-7-19-50(54)51-20-8-12-24-55(51)57/h5-12,17-24,26-27,30-31,39-40,43,56-57,60-62H,13-16,25,28-29,32-38,41-42,71H2,1-4H3,(H,72,77)(H,73,79)(H,74,80)/t60-,61+,62+,67+,68+,69-,70-/m0/s1. The van der Waals surface area contributed by atoms with Crippen LogP contribution in [0.15, 0.2) is 133 Å². The first kappa shape index (κ1) is 55.0. The Balaban J connectivity index is 0.732. The fourth-order valence-corrected chi connectivity index (χ4v) is 16.8. The number of nitrogens with one attached hydrogen (secondary N) is 3. The Morgan fingerprint density at radius 2 is 1.07 bits per heavy atom. The van der Waals surface area contributed by atoms with Gasteiger partial charge in [0.05, 0.1) is 11.0 Å². The first-order valence-electron chi connectivity index (χ1n) is 30.0. The van der Waals surface area contributed by atoms with Gasteiger partial charge in [0.15, 0.2) is 0 Å². The van der Waals surface area contributed by atoms with E-state index in [-0.39, 0.29) is 54.1 Å². The summed E-state index contributed by atoms with van der Waals surface area (Å²) in [4.78, 5) is 72.8. The molecule has 6 aliphatic rings. The quantitative estimate of drug-likeness (QED) is 0.0582. The maximum atomic E-state index is 15.8. The Labute approximate surface area is 482 Å². The molecule has 6 aromatic carbocycles. The summed E-state index contributed by atoms with van der Waals surface area (Å²) in [6.45, 7) is 9.64. The summed E-state index contributed by atoms with van der Waals surface area (Å²) in [5, 5.41) is 9.12. The molecule has 0 spiro atoms. The van der Waals surface area contributed by atoms with E-state index < -0.39 is 34.6 Å². The molecule has 424 valence electrons. The van der Waals surface area contributed by atoms with Gasteiger partial charge < -0.3 is 25.8 Å². The van der Waals surface area contributed by atoms with E-state index >= 15 is 4.79 Å². The Bertz CT molecular complexity index is 3400. The van der Waals surface area contributed by atoms with E-state index in [2.05, 4.69) is 116 Å². The number of carbonyl (C=O) groups is 5. The number of hydrogen-bond donors (Lipinski definition) is 4. The number of ether oxygens (including phenoxy) is 2. The molecule has 0 heterocycles. The van der Waals surface area contributed by atoms with Crippen molar-refractivity contribution >= 4 is 41.8 Å². The minimum atomic E-state index is -0.861. The highest BCUT2D eigenvalue weighted by Crippen LogP contribution is 2.61. The van der Waals surface area contributed by atoms with E-state index in [4.69, 9.17) is 15.2 Å². The van der Waals surface area contributed by atoms with Gasteiger partial charge in [-0.25, -0.2) is 9.59 Å². The number of benzene rings is 6. The van der Waals surface area contributed by atoms with Crippen LogP contribution in [0.1, 0.15) is 155 Å². The van der Waals surface area contributed by atoms with E-state index in [1.54, 1.807) is 4.90 Å². The highest BCUT2D eigenvalue weighted by molar-refractivity contribution is 5.97. The predicted octanol–water partition coefficient (Wildman–Crippen LogP) is 13.5. The second-order valence-electron chi connectivity index (χ2n) is 25.3. The van der Waals surface area contributed by atoms with Gasteiger partial charge in [-0.2, -0.15) is 0 Å². The third kappa shape index (κ3) is 9.48. The summed E-state index contributed by atoms with van der Waals surface area (Å²) >= 11 is 0. The number of nitrogens with zero attached hydrogens (tertiary/aromatic N) is 1. The molecule has 12 rings (SSSR count). The Kier molecular flexibility index (Phi) is 14.7. The van der Waals surface area contributed by atoms with Crippen LogP contribution in [0.4, 0.5) is 21.0 Å². The average molecular weight is 1100 g/mol. The zero-order chi connectivity index (χ0) is 57.0. The molecular formula is C70H77N5O7. The molecule has 0 saturated heterocycles. The van der Waals surface area contributed by atoms with Crippen LogP contribution in [0, 0.1) is 17.3 Å². The fourth-order valence-electron chi connectivity index (χ4n) is 16.8. The van der Waals surface area contributed by atoms with Crippen LogP contribution in [0.3, 0.4) is 0 Å². The molecule has 2 fully saturated rings. The predicted molar refractivity (Wildman–Crippen MR) is 321 cm³/mol. The third-order valence-electron chi connectivity index (χ3n) is 20.8. The lowest BCUT2D eigenvalue weighted by molar-refractivity contribution is -0.166. The molecule has 0 unspecified atom stereocenters. The molecule has 5 amide bonds. The van der Waals surface area contributed by atoms with E-state index in [0.717, 1.165) is 102 Å². The number of aryl methyl sites for hydroxylation is 2.